The van der Waals surface area contributed by atoms with E-state index in [2.05, 4.69) is 20.2 Å². The molecule has 1 saturated heterocycles. The third kappa shape index (κ3) is 4.21. The fourth-order valence-electron chi connectivity index (χ4n) is 3.11. The Balaban J connectivity index is 1.56. The number of anilines is 2. The van der Waals surface area contributed by atoms with Gasteiger partial charge >= 0.3 is 0 Å². The first kappa shape index (κ1) is 16.7. The van der Waals surface area contributed by atoms with Gasteiger partial charge in [-0.2, -0.15) is 0 Å². The maximum atomic E-state index is 10.2. The van der Waals surface area contributed by atoms with Crippen molar-refractivity contribution >= 4 is 11.6 Å². The summed E-state index contributed by atoms with van der Waals surface area (Å²) in [4.78, 5) is 10.7. The number of aliphatic hydroxyl groups excluding tert-OH is 2. The zero-order chi connectivity index (χ0) is 16.8. The van der Waals surface area contributed by atoms with Crippen LogP contribution in [0.5, 0.6) is 0 Å². The van der Waals surface area contributed by atoms with Crippen molar-refractivity contribution in [2.45, 2.75) is 31.4 Å². The molecular formula is C18H24N4O2. The topological polar surface area (TPSA) is 81.5 Å². The largest absolute Gasteiger partial charge is 0.394 e. The van der Waals surface area contributed by atoms with Gasteiger partial charge in [0.15, 0.2) is 0 Å². The molecule has 1 aliphatic heterocycles. The lowest BCUT2D eigenvalue weighted by Gasteiger charge is -2.24. The van der Waals surface area contributed by atoms with Gasteiger partial charge in [0.05, 0.1) is 18.8 Å². The summed E-state index contributed by atoms with van der Waals surface area (Å²) in [5.74, 6) is 1.51. The van der Waals surface area contributed by atoms with Crippen molar-refractivity contribution in [3.63, 3.8) is 0 Å². The first-order chi connectivity index (χ1) is 11.8. The minimum absolute atomic E-state index is 0.136. The highest BCUT2D eigenvalue weighted by Gasteiger charge is 2.25. The third-order valence-corrected chi connectivity index (χ3v) is 4.37. The Kier molecular flexibility index (Phi) is 5.61. The van der Waals surface area contributed by atoms with Crippen LogP contribution in [-0.2, 0) is 6.42 Å². The van der Waals surface area contributed by atoms with Gasteiger partial charge in [-0.1, -0.05) is 30.3 Å². The number of aliphatic hydroxyl groups is 2. The lowest BCUT2D eigenvalue weighted by atomic mass is 10.1. The minimum Gasteiger partial charge on any atom is -0.394 e. The van der Waals surface area contributed by atoms with Gasteiger partial charge in [-0.05, 0) is 18.4 Å². The molecule has 3 rings (SSSR count). The van der Waals surface area contributed by atoms with Crippen LogP contribution in [0.15, 0.2) is 42.7 Å². The predicted octanol–water partition coefficient (Wildman–Crippen LogP) is 1.45. The first-order valence-corrected chi connectivity index (χ1v) is 8.41. The third-order valence-electron chi connectivity index (χ3n) is 4.37. The normalized spacial score (nSPS) is 18.6. The van der Waals surface area contributed by atoms with Gasteiger partial charge in [-0.15, -0.1) is 0 Å². The fourth-order valence-corrected chi connectivity index (χ4v) is 3.11. The second kappa shape index (κ2) is 8.08. The van der Waals surface area contributed by atoms with E-state index in [1.807, 2.05) is 36.4 Å². The van der Waals surface area contributed by atoms with Gasteiger partial charge < -0.3 is 20.4 Å². The Labute approximate surface area is 142 Å². The maximum absolute atomic E-state index is 10.2. The highest BCUT2D eigenvalue weighted by molar-refractivity contribution is 5.49. The summed E-state index contributed by atoms with van der Waals surface area (Å²) < 4.78 is 0. The molecule has 1 aromatic carbocycles. The molecule has 1 fully saturated rings. The lowest BCUT2D eigenvalue weighted by Crippen LogP contribution is -2.32. The molecule has 1 aromatic heterocycles. The number of hydrogen-bond donors (Lipinski definition) is 3. The summed E-state index contributed by atoms with van der Waals surface area (Å²) in [5.41, 5.74) is 1.11. The van der Waals surface area contributed by atoms with Crippen LogP contribution in [0.4, 0.5) is 11.6 Å². The quantitative estimate of drug-likeness (QED) is 0.714. The van der Waals surface area contributed by atoms with E-state index in [0.717, 1.165) is 30.8 Å². The molecule has 24 heavy (non-hydrogen) atoms. The summed E-state index contributed by atoms with van der Waals surface area (Å²) in [7, 11) is 0. The van der Waals surface area contributed by atoms with Crippen molar-refractivity contribution in [3.8, 4) is 0 Å². The molecular weight excluding hydrogens is 304 g/mol. The second-order valence-electron chi connectivity index (χ2n) is 6.16. The molecule has 0 saturated carbocycles. The highest BCUT2D eigenvalue weighted by Crippen LogP contribution is 2.24. The minimum atomic E-state index is -0.484. The van der Waals surface area contributed by atoms with Crippen molar-refractivity contribution in [1.82, 2.24) is 9.97 Å². The van der Waals surface area contributed by atoms with Crippen molar-refractivity contribution in [2.24, 2.45) is 0 Å². The molecule has 0 radical (unpaired) electrons. The molecule has 128 valence electrons. The molecule has 2 heterocycles. The average Bonchev–Trinajstić information content (AvgIpc) is 3.10. The second-order valence-corrected chi connectivity index (χ2v) is 6.16. The van der Waals surface area contributed by atoms with Crippen LogP contribution in [0.25, 0.3) is 0 Å². The Morgan fingerprint density at radius 1 is 1.25 bits per heavy atom. The summed E-state index contributed by atoms with van der Waals surface area (Å²) in [6.45, 7) is 1.47. The Morgan fingerprint density at radius 3 is 2.88 bits per heavy atom. The zero-order valence-corrected chi connectivity index (χ0v) is 13.7. The van der Waals surface area contributed by atoms with Crippen LogP contribution in [0, 0.1) is 0 Å². The van der Waals surface area contributed by atoms with Crippen LogP contribution in [0.1, 0.15) is 18.4 Å². The first-order valence-electron chi connectivity index (χ1n) is 8.41. The summed E-state index contributed by atoms with van der Waals surface area (Å²) in [6, 6.07) is 11.9. The zero-order valence-electron chi connectivity index (χ0n) is 13.7. The van der Waals surface area contributed by atoms with Gasteiger partial charge in [0.25, 0.3) is 0 Å². The summed E-state index contributed by atoms with van der Waals surface area (Å²) in [5, 5.41) is 22.8. The van der Waals surface area contributed by atoms with E-state index in [9.17, 15) is 10.2 Å². The average molecular weight is 328 g/mol. The molecule has 0 spiro atoms. The number of nitrogens with one attached hydrogen (secondary N) is 1. The van der Waals surface area contributed by atoms with E-state index < -0.39 is 6.10 Å². The predicted molar refractivity (Wildman–Crippen MR) is 94.1 cm³/mol. The van der Waals surface area contributed by atoms with Gasteiger partial charge in [0.2, 0.25) is 0 Å². The van der Waals surface area contributed by atoms with E-state index in [1.54, 1.807) is 0 Å². The van der Waals surface area contributed by atoms with Crippen molar-refractivity contribution < 1.29 is 10.2 Å². The smallest absolute Gasteiger partial charge is 0.134 e. The molecule has 1 aliphatic rings. The van der Waals surface area contributed by atoms with E-state index in [1.165, 1.54) is 6.33 Å². The highest BCUT2D eigenvalue weighted by atomic mass is 16.3. The van der Waals surface area contributed by atoms with Crippen LogP contribution in [0.3, 0.4) is 0 Å². The Morgan fingerprint density at radius 2 is 2.08 bits per heavy atom. The molecule has 0 bridgehead atoms. The summed E-state index contributed by atoms with van der Waals surface area (Å²) in [6.07, 6.45) is 3.69. The maximum Gasteiger partial charge on any atom is 0.134 e. The molecule has 6 nitrogen and oxygen atoms in total. The van der Waals surface area contributed by atoms with Gasteiger partial charge in [-0.25, -0.2) is 9.97 Å². The van der Waals surface area contributed by atoms with E-state index in [0.29, 0.717) is 18.8 Å². The molecule has 0 amide bonds. The fraction of sp³-hybridized carbons (Fsp3) is 0.444. The van der Waals surface area contributed by atoms with Crippen LogP contribution >= 0.6 is 0 Å². The molecule has 0 unspecified atom stereocenters. The lowest BCUT2D eigenvalue weighted by molar-refractivity contribution is 0.188. The summed E-state index contributed by atoms with van der Waals surface area (Å²) >= 11 is 0. The van der Waals surface area contributed by atoms with Crippen molar-refractivity contribution in [3.05, 3.63) is 48.3 Å². The van der Waals surface area contributed by atoms with E-state index >= 15 is 0 Å². The van der Waals surface area contributed by atoms with Crippen LogP contribution in [-0.4, -0.2) is 52.0 Å². The van der Waals surface area contributed by atoms with E-state index in [-0.39, 0.29) is 12.6 Å². The molecule has 6 heteroatoms. The Bertz CT molecular complexity index is 638. The number of rotatable bonds is 7. The Hall–Kier alpha value is -2.18. The molecule has 0 aliphatic carbocycles. The van der Waals surface area contributed by atoms with Crippen molar-refractivity contribution in [2.75, 3.05) is 29.9 Å². The molecule has 2 aromatic rings. The van der Waals surface area contributed by atoms with Gasteiger partial charge in [-0.3, -0.25) is 0 Å². The van der Waals surface area contributed by atoms with E-state index in [4.69, 9.17) is 0 Å². The van der Waals surface area contributed by atoms with Crippen LogP contribution < -0.4 is 10.2 Å². The molecule has 3 N–H and O–H groups in total. The number of aromatic nitrogens is 2. The van der Waals surface area contributed by atoms with Gasteiger partial charge in [0, 0.05) is 25.6 Å². The number of nitrogens with zero attached hydrogens (tertiary/aromatic N) is 3. The number of hydrogen-bond acceptors (Lipinski definition) is 6. The van der Waals surface area contributed by atoms with Crippen LogP contribution in [0.2, 0.25) is 0 Å². The van der Waals surface area contributed by atoms with Crippen molar-refractivity contribution in [1.29, 1.82) is 0 Å². The monoisotopic (exact) mass is 328 g/mol. The standard InChI is InChI=1S/C18H24N4O2/c23-12-15-7-4-8-22(15)18-10-17(20-13-21-18)19-11-16(24)9-14-5-2-1-3-6-14/h1-3,5-6,10,13,15-16,23-24H,4,7-9,11-12H2,(H,19,20,21)/t15-,16-/m1/s1. The number of benzene rings is 1. The molecule has 2 atom stereocenters. The van der Waals surface area contributed by atoms with Gasteiger partial charge in [0.1, 0.15) is 18.0 Å². The SMILES string of the molecule is OC[C@H]1CCCN1c1cc(NC[C@H](O)Cc2ccccc2)ncn1.